The van der Waals surface area contributed by atoms with Gasteiger partial charge in [-0.2, -0.15) is 8.78 Å². The lowest BCUT2D eigenvalue weighted by Crippen LogP contribution is -2.23. The molecule has 0 bridgehead atoms. The van der Waals surface area contributed by atoms with E-state index in [-0.39, 0.29) is 17.1 Å². The first-order chi connectivity index (χ1) is 8.84. The van der Waals surface area contributed by atoms with Gasteiger partial charge in [-0.1, -0.05) is 12.1 Å². The maximum Gasteiger partial charge on any atom is 0.387 e. The van der Waals surface area contributed by atoms with Crippen LogP contribution in [0.15, 0.2) is 24.3 Å². The predicted molar refractivity (Wildman–Crippen MR) is 67.7 cm³/mol. The van der Waals surface area contributed by atoms with Crippen molar-refractivity contribution in [3.8, 4) is 5.75 Å². The molecule has 0 aliphatic rings. The average Bonchev–Trinajstić information content (AvgIpc) is 2.35. The molecule has 0 spiro atoms. The summed E-state index contributed by atoms with van der Waals surface area (Å²) in [5.74, 6) is -0.128. The number of halogens is 2. The van der Waals surface area contributed by atoms with Crippen LogP contribution < -0.4 is 4.74 Å². The second-order valence-corrected chi connectivity index (χ2v) is 4.79. The summed E-state index contributed by atoms with van der Waals surface area (Å²) < 4.78 is 33.6. The van der Waals surface area contributed by atoms with Crippen LogP contribution in [-0.2, 0) is 4.74 Å². The summed E-state index contributed by atoms with van der Waals surface area (Å²) in [5, 5.41) is 0. The molecule has 0 fully saturated rings. The summed E-state index contributed by atoms with van der Waals surface area (Å²) in [6, 6.07) is 5.82. The Balaban J connectivity index is 2.67. The molecule has 106 valence electrons. The number of carbonyl (C=O) groups excluding carboxylic acids is 1. The zero-order valence-corrected chi connectivity index (χ0v) is 11.3. The molecule has 0 aliphatic carbocycles. The summed E-state index contributed by atoms with van der Waals surface area (Å²) in [4.78, 5) is 11.9. The zero-order chi connectivity index (χ0) is 14.5. The quantitative estimate of drug-likeness (QED) is 0.710. The number of ether oxygens (including phenoxy) is 2. The summed E-state index contributed by atoms with van der Waals surface area (Å²) in [7, 11) is 1.58. The minimum absolute atomic E-state index is 0.00754. The largest absolute Gasteiger partial charge is 0.435 e. The van der Waals surface area contributed by atoms with E-state index in [4.69, 9.17) is 4.74 Å². The molecule has 1 aromatic carbocycles. The van der Waals surface area contributed by atoms with Crippen LogP contribution in [0.4, 0.5) is 8.78 Å². The molecule has 5 heteroatoms. The molecule has 0 radical (unpaired) electrons. The van der Waals surface area contributed by atoms with Gasteiger partial charge in [-0.3, -0.25) is 4.79 Å². The van der Waals surface area contributed by atoms with Crippen molar-refractivity contribution >= 4 is 5.78 Å². The SMILES string of the molecule is COC(C)(C)CCC(=O)c1cccc(OC(F)F)c1. The number of ketones is 1. The molecule has 0 unspecified atom stereocenters. The Labute approximate surface area is 111 Å². The van der Waals surface area contributed by atoms with Gasteiger partial charge in [0.25, 0.3) is 0 Å². The highest BCUT2D eigenvalue weighted by atomic mass is 19.3. The molecule has 0 aromatic heterocycles. The van der Waals surface area contributed by atoms with Crippen LogP contribution in [0.2, 0.25) is 0 Å². The van der Waals surface area contributed by atoms with Crippen LogP contribution in [-0.4, -0.2) is 25.1 Å². The number of hydrogen-bond donors (Lipinski definition) is 0. The second kappa shape index (κ2) is 6.61. The topological polar surface area (TPSA) is 35.5 Å². The van der Waals surface area contributed by atoms with Gasteiger partial charge in [-0.25, -0.2) is 0 Å². The molecule has 0 atom stereocenters. The predicted octanol–water partition coefficient (Wildman–Crippen LogP) is 3.68. The molecule has 0 saturated carbocycles. The van der Waals surface area contributed by atoms with Crippen LogP contribution in [0.25, 0.3) is 0 Å². The number of Topliss-reactive ketones (excluding diaryl/α,β-unsaturated/α-hetero) is 1. The van der Waals surface area contributed by atoms with E-state index in [0.717, 1.165) is 0 Å². The first-order valence-electron chi connectivity index (χ1n) is 5.97. The summed E-state index contributed by atoms with van der Waals surface area (Å²) in [5.41, 5.74) is -0.0164. The highest BCUT2D eigenvalue weighted by Gasteiger charge is 2.19. The van der Waals surface area contributed by atoms with Crippen molar-refractivity contribution in [2.24, 2.45) is 0 Å². The van der Waals surface area contributed by atoms with Gasteiger partial charge in [-0.05, 0) is 32.4 Å². The van der Waals surface area contributed by atoms with Gasteiger partial charge >= 0.3 is 6.61 Å². The first kappa shape index (κ1) is 15.6. The fraction of sp³-hybridized carbons (Fsp3) is 0.500. The monoisotopic (exact) mass is 272 g/mol. The number of hydrogen-bond acceptors (Lipinski definition) is 3. The number of methoxy groups -OCH3 is 1. The van der Waals surface area contributed by atoms with Gasteiger partial charge in [0.15, 0.2) is 5.78 Å². The highest BCUT2D eigenvalue weighted by Crippen LogP contribution is 2.20. The zero-order valence-electron chi connectivity index (χ0n) is 11.3. The van der Waals surface area contributed by atoms with Gasteiger partial charge in [0.05, 0.1) is 5.60 Å². The summed E-state index contributed by atoms with van der Waals surface area (Å²) >= 11 is 0. The van der Waals surface area contributed by atoms with Crippen LogP contribution in [0.3, 0.4) is 0 Å². The molecule has 0 saturated heterocycles. The van der Waals surface area contributed by atoms with E-state index in [0.29, 0.717) is 18.4 Å². The summed E-state index contributed by atoms with van der Waals surface area (Å²) in [6.45, 7) is 0.880. The smallest absolute Gasteiger partial charge is 0.387 e. The molecular weight excluding hydrogens is 254 g/mol. The van der Waals surface area contributed by atoms with Crippen molar-refractivity contribution in [1.82, 2.24) is 0 Å². The normalized spacial score (nSPS) is 11.7. The van der Waals surface area contributed by atoms with Gasteiger partial charge in [-0.15, -0.1) is 0 Å². The molecule has 1 aromatic rings. The molecule has 0 heterocycles. The van der Waals surface area contributed by atoms with E-state index < -0.39 is 6.61 Å². The summed E-state index contributed by atoms with van der Waals surface area (Å²) in [6.07, 6.45) is 0.848. The molecular formula is C14H18F2O3. The number of carbonyl (C=O) groups is 1. The molecule has 3 nitrogen and oxygen atoms in total. The number of rotatable bonds is 7. The Morgan fingerprint density at radius 2 is 2.05 bits per heavy atom. The van der Waals surface area contributed by atoms with E-state index in [2.05, 4.69) is 4.74 Å². The Kier molecular flexibility index (Phi) is 5.42. The van der Waals surface area contributed by atoms with Gasteiger partial charge < -0.3 is 9.47 Å². The molecule has 1 rings (SSSR count). The van der Waals surface area contributed by atoms with Crippen molar-refractivity contribution in [2.75, 3.05) is 7.11 Å². The third-order valence-electron chi connectivity index (χ3n) is 2.89. The van der Waals surface area contributed by atoms with Crippen LogP contribution >= 0.6 is 0 Å². The maximum absolute atomic E-state index is 12.1. The van der Waals surface area contributed by atoms with Gasteiger partial charge in [0.1, 0.15) is 5.75 Å². The van der Waals surface area contributed by atoms with Crippen molar-refractivity contribution < 1.29 is 23.0 Å². The van der Waals surface area contributed by atoms with Crippen molar-refractivity contribution in [3.63, 3.8) is 0 Å². The molecule has 19 heavy (non-hydrogen) atoms. The Bertz CT molecular complexity index is 430. The van der Waals surface area contributed by atoms with Crippen LogP contribution in [0.5, 0.6) is 5.75 Å². The highest BCUT2D eigenvalue weighted by molar-refractivity contribution is 5.96. The van der Waals surface area contributed by atoms with E-state index in [1.807, 2.05) is 13.8 Å². The lowest BCUT2D eigenvalue weighted by molar-refractivity contribution is -0.0498. The lowest BCUT2D eigenvalue weighted by Gasteiger charge is -2.22. The number of alkyl halides is 2. The fourth-order valence-corrected chi connectivity index (χ4v) is 1.51. The Morgan fingerprint density at radius 3 is 2.63 bits per heavy atom. The van der Waals surface area contributed by atoms with Gasteiger partial charge in [0, 0.05) is 19.1 Å². The van der Waals surface area contributed by atoms with Crippen molar-refractivity contribution in [2.45, 2.75) is 38.9 Å². The maximum atomic E-state index is 12.1. The lowest BCUT2D eigenvalue weighted by atomic mass is 9.98. The standard InChI is InChI=1S/C14H18F2O3/c1-14(2,18-3)8-7-12(17)10-5-4-6-11(9-10)19-13(15)16/h4-6,9,13H,7-8H2,1-3H3. The Morgan fingerprint density at radius 1 is 1.37 bits per heavy atom. The fourth-order valence-electron chi connectivity index (χ4n) is 1.51. The van der Waals surface area contributed by atoms with E-state index >= 15 is 0 Å². The van der Waals surface area contributed by atoms with Crippen molar-refractivity contribution in [3.05, 3.63) is 29.8 Å². The minimum Gasteiger partial charge on any atom is -0.435 e. The third kappa shape index (κ3) is 5.34. The Hall–Kier alpha value is -1.49. The molecule has 0 amide bonds. The van der Waals surface area contributed by atoms with E-state index in [1.54, 1.807) is 13.2 Å². The number of benzene rings is 1. The van der Waals surface area contributed by atoms with Gasteiger partial charge in [0.2, 0.25) is 0 Å². The van der Waals surface area contributed by atoms with Crippen molar-refractivity contribution in [1.29, 1.82) is 0 Å². The first-order valence-corrected chi connectivity index (χ1v) is 5.97. The van der Waals surface area contributed by atoms with Crippen LogP contribution in [0.1, 0.15) is 37.0 Å². The van der Waals surface area contributed by atoms with E-state index in [1.165, 1.54) is 18.2 Å². The third-order valence-corrected chi connectivity index (χ3v) is 2.89. The van der Waals surface area contributed by atoms with E-state index in [9.17, 15) is 13.6 Å². The molecule has 0 N–H and O–H groups in total. The minimum atomic E-state index is -2.89. The second-order valence-electron chi connectivity index (χ2n) is 4.79. The molecule has 0 aliphatic heterocycles. The van der Waals surface area contributed by atoms with Crippen LogP contribution in [0, 0.1) is 0 Å². The average molecular weight is 272 g/mol.